The molecule has 0 bridgehead atoms. The summed E-state index contributed by atoms with van der Waals surface area (Å²) < 4.78 is 16.7. The zero-order valence-corrected chi connectivity index (χ0v) is 44.4. The molecule has 0 amide bonds. The Labute approximate surface area is 478 Å². The van der Waals surface area contributed by atoms with Crippen LogP contribution in [0.4, 0.5) is 0 Å². The number of fused-ring (bicyclic) bond motifs is 21. The molecule has 0 saturated heterocycles. The first kappa shape index (κ1) is 45.8. The Bertz CT molecular complexity index is 5610. The van der Waals surface area contributed by atoms with Gasteiger partial charge in [0.1, 0.15) is 11.5 Å². The van der Waals surface area contributed by atoms with E-state index >= 15 is 0 Å². The number of hydrogen-bond donors (Lipinski definition) is 0. The number of nitriles is 3. The fraction of sp³-hybridized carbons (Fsp3) is 0.0135. The molecule has 10 heteroatoms. The number of ether oxygens (including phenoxy) is 1. The van der Waals surface area contributed by atoms with Gasteiger partial charge in [-0.3, -0.25) is 9.97 Å². The summed E-state index contributed by atoms with van der Waals surface area (Å²) in [6, 6.07) is 84.8. The smallest absolute Gasteiger partial charge is 0.134 e. The van der Waals surface area contributed by atoms with Crippen molar-refractivity contribution in [3.05, 3.63) is 276 Å². The topological polar surface area (TPSA) is 126 Å². The summed E-state index contributed by atoms with van der Waals surface area (Å²) in [7, 11) is 0. The van der Waals surface area contributed by atoms with E-state index in [0.717, 1.165) is 144 Å². The van der Waals surface area contributed by atoms with Crippen molar-refractivity contribution in [2.75, 3.05) is 0 Å². The van der Waals surface area contributed by atoms with Gasteiger partial charge in [0, 0.05) is 88.9 Å². The third-order valence-corrected chi connectivity index (χ3v) is 17.8. The number of pyridine rings is 2. The van der Waals surface area contributed by atoms with Crippen LogP contribution in [-0.4, -0.2) is 28.2 Å². The first-order chi connectivity index (χ1) is 41.5. The van der Waals surface area contributed by atoms with E-state index in [1.165, 1.54) is 0 Å². The molecule has 84 heavy (non-hydrogen) atoms. The molecular formula is C74H39N9O. The van der Waals surface area contributed by atoms with Crippen molar-refractivity contribution in [1.82, 2.24) is 28.2 Å². The Morgan fingerprint density at radius 2 is 0.607 bits per heavy atom. The molecule has 1 atom stereocenters. The van der Waals surface area contributed by atoms with Gasteiger partial charge in [-0.25, -0.2) is 0 Å². The molecule has 1 spiro atoms. The molecule has 10 aromatic carbocycles. The predicted molar refractivity (Wildman–Crippen MR) is 331 cm³/mol. The lowest BCUT2D eigenvalue weighted by atomic mass is 9.66. The quantitative estimate of drug-likeness (QED) is 0.173. The van der Waals surface area contributed by atoms with E-state index < -0.39 is 5.41 Å². The van der Waals surface area contributed by atoms with E-state index in [1.807, 2.05) is 73.1 Å². The van der Waals surface area contributed by atoms with E-state index in [4.69, 9.17) is 14.7 Å². The van der Waals surface area contributed by atoms with E-state index in [9.17, 15) is 15.8 Å². The van der Waals surface area contributed by atoms with Crippen molar-refractivity contribution in [3.63, 3.8) is 0 Å². The minimum atomic E-state index is -1.09. The fourth-order valence-electron chi connectivity index (χ4n) is 14.3. The maximum atomic E-state index is 10.1. The Kier molecular flexibility index (Phi) is 9.14. The van der Waals surface area contributed by atoms with Crippen molar-refractivity contribution in [3.8, 4) is 63.8 Å². The summed E-state index contributed by atoms with van der Waals surface area (Å²) in [4.78, 5) is 11.1. The highest BCUT2D eigenvalue weighted by Gasteiger charge is 2.53. The molecule has 0 fully saturated rings. The van der Waals surface area contributed by atoms with Crippen molar-refractivity contribution >= 4 is 87.2 Å². The largest absolute Gasteiger partial charge is 0.457 e. The van der Waals surface area contributed by atoms with Gasteiger partial charge in [0.15, 0.2) is 0 Å². The van der Waals surface area contributed by atoms with Gasteiger partial charge in [0.2, 0.25) is 0 Å². The molecule has 0 N–H and O–H groups in total. The van der Waals surface area contributed by atoms with Gasteiger partial charge in [0.05, 0.1) is 120 Å². The first-order valence-electron chi connectivity index (χ1n) is 27.8. The van der Waals surface area contributed by atoms with Crippen LogP contribution in [-0.2, 0) is 5.41 Å². The Morgan fingerprint density at radius 3 is 0.964 bits per heavy atom. The standard InChI is InChI=1S/C74H39N9O/c75-38-43-21-28-67-55(31-43)54-15-5-10-20-66(54)83(67)49-35-61-73(79-42-49)72-60(34-48(41-78-72)82-64-18-8-3-13-52(64)53-14-4-9-19-65(53)82)74(61)58-26-24-46(80-62-16-6-1-11-50(62)51-12-2-7-17-63(51)80)36-70(58)84-71-37-47(25-27-59(71)74)81-68-29-22-44(39-76)32-56(68)57-33-45(40-77)23-30-69(57)81/h1-37,41-42H. The van der Waals surface area contributed by atoms with Crippen LogP contribution in [0.15, 0.2) is 237 Å². The maximum Gasteiger partial charge on any atom is 0.134 e. The molecule has 0 saturated carbocycles. The summed E-state index contributed by atoms with van der Waals surface area (Å²) in [5, 5.41) is 38.7. The number of hydrogen-bond acceptors (Lipinski definition) is 6. The van der Waals surface area contributed by atoms with E-state index in [2.05, 4.69) is 200 Å². The predicted octanol–water partition coefficient (Wildman–Crippen LogP) is 16.9. The zero-order chi connectivity index (χ0) is 55.5. The monoisotopic (exact) mass is 1070 g/mol. The fourth-order valence-corrected chi connectivity index (χ4v) is 14.3. The average molecular weight is 1070 g/mol. The summed E-state index contributed by atoms with van der Waals surface area (Å²) in [6.45, 7) is 0. The maximum absolute atomic E-state index is 10.1. The molecule has 2 aliphatic rings. The molecular weight excluding hydrogens is 1030 g/mol. The van der Waals surface area contributed by atoms with Gasteiger partial charge in [0.25, 0.3) is 0 Å². The van der Waals surface area contributed by atoms with Crippen LogP contribution in [0.2, 0.25) is 0 Å². The summed E-state index contributed by atoms with van der Waals surface area (Å²) >= 11 is 0. The SMILES string of the molecule is N#Cc1ccc2c(c1)c1ccccc1n2-c1cnc2c(c1)C1(c3ccc(-n4c5ccccc5c5ccccc54)cc3Oc3cc(-n4c5ccc(C#N)cc5c5cc(C#N)ccc54)ccc31)c1cc(-n3c4ccccc4c4ccccc43)cnc1-2. The molecule has 1 aliphatic heterocycles. The lowest BCUT2D eigenvalue weighted by Crippen LogP contribution is -2.32. The summed E-state index contributed by atoms with van der Waals surface area (Å²) in [6.07, 6.45) is 3.95. The first-order valence-corrected chi connectivity index (χ1v) is 27.8. The van der Waals surface area contributed by atoms with Gasteiger partial charge in [-0.05, 0) is 109 Å². The highest BCUT2D eigenvalue weighted by atomic mass is 16.5. The van der Waals surface area contributed by atoms with Crippen molar-refractivity contribution in [2.24, 2.45) is 0 Å². The average Bonchev–Trinajstić information content (AvgIpc) is 1.48. The number of rotatable bonds is 4. The molecule has 18 rings (SSSR count). The second kappa shape index (κ2) is 16.8. The molecule has 0 radical (unpaired) electrons. The van der Waals surface area contributed by atoms with Gasteiger partial charge in [-0.1, -0.05) is 103 Å². The number of para-hydroxylation sites is 5. The van der Waals surface area contributed by atoms with E-state index in [1.54, 1.807) is 0 Å². The molecule has 1 unspecified atom stereocenters. The second-order valence-corrected chi connectivity index (χ2v) is 21.9. The van der Waals surface area contributed by atoms with Crippen LogP contribution in [0.3, 0.4) is 0 Å². The number of nitrogens with zero attached hydrogens (tertiary/aromatic N) is 9. The van der Waals surface area contributed by atoms with Crippen LogP contribution in [0, 0.1) is 34.0 Å². The minimum absolute atomic E-state index is 0.531. The highest BCUT2D eigenvalue weighted by Crippen LogP contribution is 2.63. The highest BCUT2D eigenvalue weighted by molar-refractivity contribution is 6.13. The summed E-state index contributed by atoms with van der Waals surface area (Å²) in [5.74, 6) is 1.31. The Balaban J connectivity index is 0.967. The van der Waals surface area contributed by atoms with Gasteiger partial charge in [-0.15, -0.1) is 0 Å². The van der Waals surface area contributed by atoms with Crippen LogP contribution >= 0.6 is 0 Å². The van der Waals surface area contributed by atoms with Crippen molar-refractivity contribution in [2.45, 2.75) is 5.41 Å². The van der Waals surface area contributed by atoms with E-state index in [0.29, 0.717) is 28.2 Å². The van der Waals surface area contributed by atoms with Crippen molar-refractivity contribution in [1.29, 1.82) is 15.8 Å². The third kappa shape index (κ3) is 5.98. The normalized spacial score (nSPS) is 14.1. The summed E-state index contributed by atoms with van der Waals surface area (Å²) in [5.41, 5.74) is 17.4. The van der Waals surface area contributed by atoms with Crippen molar-refractivity contribution < 1.29 is 4.74 Å². The van der Waals surface area contributed by atoms with E-state index in [-0.39, 0.29) is 0 Å². The van der Waals surface area contributed by atoms with Crippen LogP contribution in [0.1, 0.15) is 38.9 Å². The molecule has 7 heterocycles. The van der Waals surface area contributed by atoms with Crippen LogP contribution in [0.25, 0.3) is 121 Å². The lowest BCUT2D eigenvalue weighted by Gasteiger charge is -2.39. The second-order valence-electron chi connectivity index (χ2n) is 21.9. The lowest BCUT2D eigenvalue weighted by molar-refractivity contribution is 0.436. The Hall–Kier alpha value is -12.0. The zero-order valence-electron chi connectivity index (χ0n) is 44.4. The Morgan fingerprint density at radius 1 is 0.298 bits per heavy atom. The van der Waals surface area contributed by atoms with Crippen LogP contribution in [0.5, 0.6) is 11.5 Å². The van der Waals surface area contributed by atoms with Gasteiger partial charge >= 0.3 is 0 Å². The molecule has 16 aromatic rings. The molecule has 1 aliphatic carbocycles. The minimum Gasteiger partial charge on any atom is -0.457 e. The molecule has 6 aromatic heterocycles. The van der Waals surface area contributed by atoms with Gasteiger partial charge in [-0.2, -0.15) is 15.8 Å². The van der Waals surface area contributed by atoms with Crippen LogP contribution < -0.4 is 4.74 Å². The molecule has 10 nitrogen and oxygen atoms in total. The number of benzene rings is 10. The molecule has 386 valence electrons. The van der Waals surface area contributed by atoms with Gasteiger partial charge < -0.3 is 23.0 Å². The number of aromatic nitrogens is 6. The third-order valence-electron chi connectivity index (χ3n) is 17.8.